The Bertz CT molecular complexity index is 571. The molecule has 0 bridgehead atoms. The third-order valence-corrected chi connectivity index (χ3v) is 5.70. The van der Waals surface area contributed by atoms with E-state index in [-0.39, 0.29) is 11.9 Å². The number of nitrogens with two attached hydrogens (primary N) is 1. The molecule has 1 aromatic heterocycles. The molecule has 0 saturated carbocycles. The summed E-state index contributed by atoms with van der Waals surface area (Å²) in [5, 5.41) is 0. The molecule has 6 heteroatoms. The molecule has 0 amide bonds. The molecule has 1 aromatic carbocycles. The summed E-state index contributed by atoms with van der Waals surface area (Å²) in [6.07, 6.45) is 0. The van der Waals surface area contributed by atoms with E-state index in [1.165, 1.54) is 17.4 Å². The summed E-state index contributed by atoms with van der Waals surface area (Å²) in [4.78, 5) is 3.11. The minimum absolute atomic E-state index is 0.0170. The molecule has 20 heavy (non-hydrogen) atoms. The van der Waals surface area contributed by atoms with Crippen molar-refractivity contribution in [2.75, 3.05) is 13.6 Å². The molecule has 0 aliphatic carbocycles. The monoisotopic (exact) mass is 376 g/mol. The van der Waals surface area contributed by atoms with Crippen molar-refractivity contribution in [2.45, 2.75) is 12.6 Å². The molecule has 0 aliphatic heterocycles. The predicted octanol–water partition coefficient (Wildman–Crippen LogP) is 4.43. The zero-order valence-corrected chi connectivity index (χ0v) is 14.1. The lowest BCUT2D eigenvalue weighted by Gasteiger charge is -2.26. The third kappa shape index (κ3) is 3.59. The zero-order valence-electron chi connectivity index (χ0n) is 10.9. The quantitative estimate of drug-likeness (QED) is 0.835. The number of likely N-dealkylation sites (N-methyl/N-ethyl adjacent to an activating group) is 1. The zero-order chi connectivity index (χ0) is 14.7. The van der Waals surface area contributed by atoms with Gasteiger partial charge >= 0.3 is 0 Å². The number of nitrogens with zero attached hydrogens (tertiary/aromatic N) is 1. The standard InChI is InChI=1S/C14H15BrClFN2S/c1-19(8-9-4-2-3-5-11(9)17)12(7-18)13-6-10(15)14(16)20-13/h2-6,12H,7-8,18H2,1H3. The number of halogens is 3. The highest BCUT2D eigenvalue weighted by Gasteiger charge is 2.20. The third-order valence-electron chi connectivity index (χ3n) is 3.13. The number of rotatable bonds is 5. The SMILES string of the molecule is CN(Cc1ccccc1F)C(CN)c1cc(Br)c(Cl)s1. The van der Waals surface area contributed by atoms with E-state index in [2.05, 4.69) is 15.9 Å². The van der Waals surface area contributed by atoms with Crippen molar-refractivity contribution in [3.63, 3.8) is 0 Å². The van der Waals surface area contributed by atoms with Crippen molar-refractivity contribution < 1.29 is 4.39 Å². The Morgan fingerprint density at radius 3 is 2.70 bits per heavy atom. The maximum Gasteiger partial charge on any atom is 0.127 e. The Morgan fingerprint density at radius 2 is 2.15 bits per heavy atom. The van der Waals surface area contributed by atoms with E-state index in [0.717, 1.165) is 9.35 Å². The molecule has 2 aromatic rings. The molecule has 2 rings (SSSR count). The van der Waals surface area contributed by atoms with Crippen LogP contribution in [0.2, 0.25) is 4.34 Å². The molecule has 0 aliphatic rings. The lowest BCUT2D eigenvalue weighted by molar-refractivity contribution is 0.242. The molecule has 0 saturated heterocycles. The van der Waals surface area contributed by atoms with E-state index in [1.54, 1.807) is 12.1 Å². The van der Waals surface area contributed by atoms with Crippen LogP contribution in [-0.2, 0) is 6.54 Å². The Hall–Kier alpha value is -0.460. The summed E-state index contributed by atoms with van der Waals surface area (Å²) in [6.45, 7) is 0.954. The van der Waals surface area contributed by atoms with Gasteiger partial charge in [0.2, 0.25) is 0 Å². The van der Waals surface area contributed by atoms with Gasteiger partial charge in [-0.15, -0.1) is 11.3 Å². The van der Waals surface area contributed by atoms with Crippen LogP contribution in [0.25, 0.3) is 0 Å². The van der Waals surface area contributed by atoms with Gasteiger partial charge in [-0.2, -0.15) is 0 Å². The van der Waals surface area contributed by atoms with Gasteiger partial charge in [0, 0.05) is 28.0 Å². The molecule has 2 N–H and O–H groups in total. The normalized spacial score (nSPS) is 12.9. The van der Waals surface area contributed by atoms with Crippen LogP contribution in [0.3, 0.4) is 0 Å². The van der Waals surface area contributed by atoms with Crippen molar-refractivity contribution in [3.8, 4) is 0 Å². The first-order valence-electron chi connectivity index (χ1n) is 6.11. The van der Waals surface area contributed by atoms with Gasteiger partial charge in [-0.25, -0.2) is 4.39 Å². The van der Waals surface area contributed by atoms with Gasteiger partial charge in [0.1, 0.15) is 10.2 Å². The number of benzene rings is 1. The molecule has 1 atom stereocenters. The smallest absolute Gasteiger partial charge is 0.127 e. The average Bonchev–Trinajstić information content (AvgIpc) is 2.73. The molecule has 108 valence electrons. The summed E-state index contributed by atoms with van der Waals surface area (Å²) >= 11 is 11.0. The minimum atomic E-state index is -0.194. The molecule has 2 nitrogen and oxygen atoms in total. The van der Waals surface area contributed by atoms with Gasteiger partial charge in [0.15, 0.2) is 0 Å². The summed E-state index contributed by atoms with van der Waals surface area (Å²) < 4.78 is 15.3. The van der Waals surface area contributed by atoms with Crippen LogP contribution in [0, 0.1) is 5.82 Å². The molecular formula is C14H15BrClFN2S. The van der Waals surface area contributed by atoms with Crippen molar-refractivity contribution >= 4 is 38.9 Å². The van der Waals surface area contributed by atoms with E-state index < -0.39 is 0 Å². The second kappa shape index (κ2) is 7.00. The van der Waals surface area contributed by atoms with Gasteiger partial charge in [-0.1, -0.05) is 29.8 Å². The van der Waals surface area contributed by atoms with Gasteiger partial charge in [-0.05, 0) is 35.1 Å². The second-order valence-electron chi connectivity index (χ2n) is 4.53. The van der Waals surface area contributed by atoms with E-state index in [1.807, 2.05) is 24.1 Å². The van der Waals surface area contributed by atoms with Crippen molar-refractivity contribution in [3.05, 3.63) is 55.4 Å². The number of hydrogen-bond acceptors (Lipinski definition) is 3. The molecular weight excluding hydrogens is 363 g/mol. The van der Waals surface area contributed by atoms with Crippen LogP contribution in [0.4, 0.5) is 4.39 Å². The fourth-order valence-electron chi connectivity index (χ4n) is 2.05. The second-order valence-corrected chi connectivity index (χ2v) is 7.07. The van der Waals surface area contributed by atoms with E-state index >= 15 is 0 Å². The maximum absolute atomic E-state index is 13.7. The lowest BCUT2D eigenvalue weighted by Crippen LogP contribution is -2.29. The Balaban J connectivity index is 2.17. The van der Waals surface area contributed by atoms with E-state index in [4.69, 9.17) is 17.3 Å². The largest absolute Gasteiger partial charge is 0.329 e. The van der Waals surface area contributed by atoms with Crippen LogP contribution in [-0.4, -0.2) is 18.5 Å². The van der Waals surface area contributed by atoms with Crippen LogP contribution < -0.4 is 5.73 Å². The molecule has 1 unspecified atom stereocenters. The highest BCUT2D eigenvalue weighted by atomic mass is 79.9. The predicted molar refractivity (Wildman–Crippen MR) is 86.7 cm³/mol. The molecule has 1 heterocycles. The highest BCUT2D eigenvalue weighted by Crippen LogP contribution is 2.36. The highest BCUT2D eigenvalue weighted by molar-refractivity contribution is 9.10. The first-order valence-corrected chi connectivity index (χ1v) is 8.10. The van der Waals surface area contributed by atoms with Crippen molar-refractivity contribution in [2.24, 2.45) is 5.73 Å². The van der Waals surface area contributed by atoms with Gasteiger partial charge in [0.05, 0.1) is 6.04 Å². The first-order chi connectivity index (χ1) is 9.52. The number of thiophene rings is 1. The van der Waals surface area contributed by atoms with Gasteiger partial charge in [-0.3, -0.25) is 4.90 Å². The van der Waals surface area contributed by atoms with Gasteiger partial charge in [0.25, 0.3) is 0 Å². The first kappa shape index (κ1) is 15.9. The Morgan fingerprint density at radius 1 is 1.45 bits per heavy atom. The summed E-state index contributed by atoms with van der Waals surface area (Å²) in [5.74, 6) is -0.194. The Kier molecular flexibility index (Phi) is 5.57. The van der Waals surface area contributed by atoms with E-state index in [9.17, 15) is 4.39 Å². The van der Waals surface area contributed by atoms with Crippen molar-refractivity contribution in [1.29, 1.82) is 0 Å². The molecule has 0 spiro atoms. The van der Waals surface area contributed by atoms with Crippen molar-refractivity contribution in [1.82, 2.24) is 4.90 Å². The number of hydrogen-bond donors (Lipinski definition) is 1. The molecule has 0 radical (unpaired) electrons. The minimum Gasteiger partial charge on any atom is -0.329 e. The van der Waals surface area contributed by atoms with Gasteiger partial charge < -0.3 is 5.73 Å². The fraction of sp³-hybridized carbons (Fsp3) is 0.286. The summed E-state index contributed by atoms with van der Waals surface area (Å²) in [5.41, 5.74) is 6.53. The van der Waals surface area contributed by atoms with Crippen LogP contribution in [0.5, 0.6) is 0 Å². The topological polar surface area (TPSA) is 29.3 Å². The average molecular weight is 378 g/mol. The van der Waals surface area contributed by atoms with Crippen LogP contribution >= 0.6 is 38.9 Å². The fourth-order valence-corrected chi connectivity index (χ4v) is 3.96. The summed E-state index contributed by atoms with van der Waals surface area (Å²) in [6, 6.07) is 8.78. The van der Waals surface area contributed by atoms with Crippen LogP contribution in [0.15, 0.2) is 34.8 Å². The summed E-state index contributed by atoms with van der Waals surface area (Å²) in [7, 11) is 1.94. The van der Waals surface area contributed by atoms with E-state index in [0.29, 0.717) is 23.0 Å². The molecule has 0 fully saturated rings. The maximum atomic E-state index is 13.7. The Labute approximate surface area is 135 Å². The lowest BCUT2D eigenvalue weighted by atomic mass is 10.1. The van der Waals surface area contributed by atoms with Crippen LogP contribution in [0.1, 0.15) is 16.5 Å².